The molecule has 2 N–H and O–H groups in total. The zero-order valence-corrected chi connectivity index (χ0v) is 19.5. The second-order valence-corrected chi connectivity index (χ2v) is 9.27. The molecule has 3 amide bonds. The Kier molecular flexibility index (Phi) is 8.73. The van der Waals surface area contributed by atoms with Gasteiger partial charge in [0, 0.05) is 30.4 Å². The number of thioether (sulfide) groups is 1. The molecule has 1 aliphatic heterocycles. The van der Waals surface area contributed by atoms with Gasteiger partial charge in [0.2, 0.25) is 11.8 Å². The molecule has 6 nitrogen and oxygen atoms in total. The molecule has 0 radical (unpaired) electrons. The molecule has 0 aromatic heterocycles. The molecule has 1 aliphatic rings. The maximum atomic E-state index is 13.2. The van der Waals surface area contributed by atoms with E-state index in [9.17, 15) is 14.4 Å². The second kappa shape index (κ2) is 11.7. The van der Waals surface area contributed by atoms with Crippen molar-refractivity contribution in [3.05, 3.63) is 65.7 Å². The predicted molar refractivity (Wildman–Crippen MR) is 128 cm³/mol. The van der Waals surface area contributed by atoms with E-state index in [2.05, 4.69) is 10.6 Å². The van der Waals surface area contributed by atoms with Crippen LogP contribution in [-0.4, -0.2) is 53.5 Å². The summed E-state index contributed by atoms with van der Waals surface area (Å²) in [6.07, 6.45) is 2.43. The maximum absolute atomic E-state index is 13.2. The number of nitrogens with zero attached hydrogens (tertiary/aromatic N) is 1. The Balaban J connectivity index is 1.74. The summed E-state index contributed by atoms with van der Waals surface area (Å²) < 4.78 is 0. The van der Waals surface area contributed by atoms with Crippen molar-refractivity contribution in [3.63, 3.8) is 0 Å². The van der Waals surface area contributed by atoms with Crippen LogP contribution in [0.5, 0.6) is 0 Å². The minimum atomic E-state index is -0.634. The van der Waals surface area contributed by atoms with Crippen LogP contribution >= 0.6 is 11.8 Å². The lowest BCUT2D eigenvalue weighted by atomic mass is 10.0. The molecule has 7 heteroatoms. The molecule has 2 aromatic carbocycles. The van der Waals surface area contributed by atoms with Crippen LogP contribution in [0, 0.1) is 0 Å². The second-order valence-electron chi connectivity index (χ2n) is 8.26. The van der Waals surface area contributed by atoms with E-state index >= 15 is 0 Å². The van der Waals surface area contributed by atoms with Crippen LogP contribution in [0.1, 0.15) is 42.6 Å². The van der Waals surface area contributed by atoms with E-state index < -0.39 is 6.04 Å². The molecule has 1 saturated heterocycles. The number of hydrogen-bond donors (Lipinski definition) is 2. The summed E-state index contributed by atoms with van der Waals surface area (Å²) in [6, 6.07) is 16.4. The number of amides is 3. The van der Waals surface area contributed by atoms with Crippen LogP contribution < -0.4 is 10.6 Å². The summed E-state index contributed by atoms with van der Waals surface area (Å²) in [5.41, 5.74) is 1.47. The van der Waals surface area contributed by atoms with Gasteiger partial charge in [0.15, 0.2) is 0 Å². The zero-order chi connectivity index (χ0) is 22.9. The topological polar surface area (TPSA) is 78.5 Å². The maximum Gasteiger partial charge on any atom is 0.253 e. The highest BCUT2D eigenvalue weighted by atomic mass is 32.2. The minimum absolute atomic E-state index is 0.0406. The van der Waals surface area contributed by atoms with Crippen LogP contribution in [0.3, 0.4) is 0 Å². The number of rotatable bonds is 9. The van der Waals surface area contributed by atoms with Crippen LogP contribution in [0.4, 0.5) is 0 Å². The van der Waals surface area contributed by atoms with Gasteiger partial charge in [0.25, 0.3) is 5.91 Å². The Morgan fingerprint density at radius 1 is 0.938 bits per heavy atom. The van der Waals surface area contributed by atoms with Gasteiger partial charge in [-0.15, -0.1) is 11.8 Å². The highest BCUT2D eigenvalue weighted by Crippen LogP contribution is 2.23. The molecule has 0 bridgehead atoms. The number of hydrogen-bond acceptors (Lipinski definition) is 4. The first kappa shape index (κ1) is 23.9. The van der Waals surface area contributed by atoms with Crippen molar-refractivity contribution in [2.45, 2.75) is 50.1 Å². The monoisotopic (exact) mass is 453 g/mol. The molecule has 0 saturated carbocycles. The van der Waals surface area contributed by atoms with Crippen molar-refractivity contribution >= 4 is 29.5 Å². The van der Waals surface area contributed by atoms with Crippen molar-refractivity contribution in [2.75, 3.05) is 18.8 Å². The lowest BCUT2D eigenvalue weighted by Gasteiger charge is -2.24. The summed E-state index contributed by atoms with van der Waals surface area (Å²) in [4.78, 5) is 41.0. The van der Waals surface area contributed by atoms with E-state index in [0.717, 1.165) is 36.4 Å². The van der Waals surface area contributed by atoms with E-state index in [0.29, 0.717) is 12.0 Å². The van der Waals surface area contributed by atoms with Gasteiger partial charge < -0.3 is 15.5 Å². The van der Waals surface area contributed by atoms with Crippen molar-refractivity contribution in [1.82, 2.24) is 15.5 Å². The summed E-state index contributed by atoms with van der Waals surface area (Å²) in [7, 11) is 0. The normalized spacial score (nSPS) is 14.3. The first-order chi connectivity index (χ1) is 15.4. The number of likely N-dealkylation sites (tertiary alicyclic amines) is 1. The molecule has 2 aromatic rings. The van der Waals surface area contributed by atoms with E-state index in [-0.39, 0.29) is 29.5 Å². The molecule has 1 atom stereocenters. The molecule has 0 spiro atoms. The molecule has 170 valence electrons. The van der Waals surface area contributed by atoms with Gasteiger partial charge in [0.05, 0.1) is 11.3 Å². The van der Waals surface area contributed by atoms with Crippen molar-refractivity contribution in [1.29, 1.82) is 0 Å². The Bertz CT molecular complexity index is 927. The molecular formula is C25H31N3O3S. The van der Waals surface area contributed by atoms with E-state index in [1.165, 1.54) is 11.8 Å². The molecule has 1 fully saturated rings. The molecular weight excluding hydrogens is 422 g/mol. The first-order valence-corrected chi connectivity index (χ1v) is 12.1. The van der Waals surface area contributed by atoms with Crippen molar-refractivity contribution in [3.8, 4) is 0 Å². The highest BCUT2D eigenvalue weighted by Gasteiger charge is 2.29. The van der Waals surface area contributed by atoms with E-state index in [1.54, 1.807) is 12.1 Å². The Labute approximate surface area is 194 Å². The zero-order valence-electron chi connectivity index (χ0n) is 18.7. The van der Waals surface area contributed by atoms with Gasteiger partial charge in [-0.1, -0.05) is 42.5 Å². The quantitative estimate of drug-likeness (QED) is 0.571. The van der Waals surface area contributed by atoms with Crippen LogP contribution in [0.25, 0.3) is 0 Å². The Hall–Kier alpha value is -2.80. The van der Waals surface area contributed by atoms with Gasteiger partial charge >= 0.3 is 0 Å². The standard InChI is InChI=1S/C25H31N3O3S/c1-18(2)26-23(29)17-32-22-13-7-6-12-20(22)24(30)27-21(16-19-10-4-3-5-11-19)25(31)28-14-8-9-15-28/h3-7,10-13,18,21H,8-9,14-17H2,1-2H3,(H,26,29)(H,27,30). The summed E-state index contributed by atoms with van der Waals surface area (Å²) in [5, 5.41) is 5.83. The molecule has 3 rings (SSSR count). The fraction of sp³-hybridized carbons (Fsp3) is 0.400. The fourth-order valence-electron chi connectivity index (χ4n) is 3.73. The molecule has 0 aliphatic carbocycles. The Morgan fingerprint density at radius 2 is 1.59 bits per heavy atom. The van der Waals surface area contributed by atoms with E-state index in [4.69, 9.17) is 0 Å². The third-order valence-corrected chi connectivity index (χ3v) is 6.32. The van der Waals surface area contributed by atoms with Gasteiger partial charge in [0.1, 0.15) is 6.04 Å². The third-order valence-electron chi connectivity index (χ3n) is 5.24. The fourth-order valence-corrected chi connectivity index (χ4v) is 4.59. The van der Waals surface area contributed by atoms with Crippen LogP contribution in [-0.2, 0) is 16.0 Å². The SMILES string of the molecule is CC(C)NC(=O)CSc1ccccc1C(=O)NC(Cc1ccccc1)C(=O)N1CCCC1. The summed E-state index contributed by atoms with van der Waals surface area (Å²) in [5.74, 6) is -0.193. The lowest BCUT2D eigenvalue weighted by molar-refractivity contribution is -0.132. The average molecular weight is 454 g/mol. The average Bonchev–Trinajstić information content (AvgIpc) is 3.32. The summed E-state index contributed by atoms with van der Waals surface area (Å²) in [6.45, 7) is 5.29. The van der Waals surface area contributed by atoms with Crippen LogP contribution in [0.2, 0.25) is 0 Å². The van der Waals surface area contributed by atoms with Gasteiger partial charge in [-0.2, -0.15) is 0 Å². The molecule has 32 heavy (non-hydrogen) atoms. The van der Waals surface area contributed by atoms with Gasteiger partial charge in [-0.3, -0.25) is 14.4 Å². The van der Waals surface area contributed by atoms with Gasteiger partial charge in [-0.05, 0) is 44.4 Å². The van der Waals surface area contributed by atoms with Crippen LogP contribution in [0.15, 0.2) is 59.5 Å². The summed E-state index contributed by atoms with van der Waals surface area (Å²) >= 11 is 1.32. The Morgan fingerprint density at radius 3 is 2.28 bits per heavy atom. The lowest BCUT2D eigenvalue weighted by Crippen LogP contribution is -2.49. The number of benzene rings is 2. The molecule has 1 heterocycles. The minimum Gasteiger partial charge on any atom is -0.353 e. The van der Waals surface area contributed by atoms with Crippen molar-refractivity contribution < 1.29 is 14.4 Å². The number of nitrogens with one attached hydrogen (secondary N) is 2. The molecule has 1 unspecified atom stereocenters. The highest BCUT2D eigenvalue weighted by molar-refractivity contribution is 8.00. The van der Waals surface area contributed by atoms with E-state index in [1.807, 2.05) is 61.2 Å². The van der Waals surface area contributed by atoms with Crippen molar-refractivity contribution in [2.24, 2.45) is 0 Å². The smallest absolute Gasteiger partial charge is 0.253 e. The van der Waals surface area contributed by atoms with Gasteiger partial charge in [-0.25, -0.2) is 0 Å². The third kappa shape index (κ3) is 6.85. The number of carbonyl (C=O) groups is 3. The predicted octanol–water partition coefficient (Wildman–Crippen LogP) is 3.27. The number of carbonyl (C=O) groups excluding carboxylic acids is 3. The largest absolute Gasteiger partial charge is 0.353 e. The first-order valence-electron chi connectivity index (χ1n) is 11.1.